The van der Waals surface area contributed by atoms with Gasteiger partial charge in [0, 0.05) is 17.3 Å². The summed E-state index contributed by atoms with van der Waals surface area (Å²) in [4.78, 5) is 29.1. The molecule has 0 radical (unpaired) electrons. The van der Waals surface area contributed by atoms with E-state index < -0.39 is 5.97 Å². The molecule has 1 N–H and O–H groups in total. The van der Waals surface area contributed by atoms with E-state index in [4.69, 9.17) is 9.47 Å². The number of benzene rings is 2. The Balaban J connectivity index is 2.04. The highest BCUT2D eigenvalue weighted by molar-refractivity contribution is 6.06. The van der Waals surface area contributed by atoms with Crippen LogP contribution >= 0.6 is 0 Å². The zero-order chi connectivity index (χ0) is 20.8. The normalized spacial score (nSPS) is 10.6. The minimum absolute atomic E-state index is 0.267. The molecule has 0 saturated carbocycles. The number of para-hydroxylation sites is 1. The molecule has 0 bridgehead atoms. The molecule has 6 heteroatoms. The maximum Gasteiger partial charge on any atom is 0.341 e. The Morgan fingerprint density at radius 2 is 1.83 bits per heavy atom. The van der Waals surface area contributed by atoms with Gasteiger partial charge in [0.15, 0.2) is 0 Å². The summed E-state index contributed by atoms with van der Waals surface area (Å²) in [6.07, 6.45) is 2.28. The van der Waals surface area contributed by atoms with Crippen LogP contribution in [-0.2, 0) is 9.47 Å². The van der Waals surface area contributed by atoms with Gasteiger partial charge in [-0.25, -0.2) is 9.59 Å². The van der Waals surface area contributed by atoms with Crippen molar-refractivity contribution in [3.63, 3.8) is 0 Å². The topological polar surface area (TPSA) is 77.5 Å². The van der Waals surface area contributed by atoms with Crippen LogP contribution < -0.4 is 5.32 Å². The molecule has 1 aromatic heterocycles. The summed E-state index contributed by atoms with van der Waals surface area (Å²) in [5.74, 6) is -0.832. The number of hydrogen-bond donors (Lipinski definition) is 1. The van der Waals surface area contributed by atoms with Gasteiger partial charge in [-0.15, -0.1) is 0 Å². The Morgan fingerprint density at radius 3 is 2.59 bits per heavy atom. The first-order chi connectivity index (χ1) is 14.0. The van der Waals surface area contributed by atoms with E-state index in [1.807, 2.05) is 38.1 Å². The number of aryl methyl sites for hydroxylation is 1. The number of hydrogen-bond acceptors (Lipinski definition) is 6. The molecule has 3 rings (SSSR count). The Kier molecular flexibility index (Phi) is 6.44. The van der Waals surface area contributed by atoms with Crippen LogP contribution in [-0.4, -0.2) is 30.1 Å². The Hall–Kier alpha value is -3.41. The number of carbonyl (C=O) groups excluding carboxylic acids is 2. The molecule has 3 aromatic rings. The maximum absolute atomic E-state index is 12.5. The van der Waals surface area contributed by atoms with Gasteiger partial charge < -0.3 is 14.8 Å². The Bertz CT molecular complexity index is 1050. The van der Waals surface area contributed by atoms with Crippen molar-refractivity contribution in [2.75, 3.05) is 18.5 Å². The molecule has 0 aliphatic carbocycles. The highest BCUT2D eigenvalue weighted by Gasteiger charge is 2.18. The number of rotatable bonds is 7. The number of pyridine rings is 1. The van der Waals surface area contributed by atoms with Gasteiger partial charge in [-0.3, -0.25) is 4.98 Å². The van der Waals surface area contributed by atoms with Gasteiger partial charge in [0.2, 0.25) is 0 Å². The number of nitrogens with zero attached hydrogens (tertiary/aromatic N) is 1. The van der Waals surface area contributed by atoms with Gasteiger partial charge in [0.05, 0.1) is 30.0 Å². The van der Waals surface area contributed by atoms with E-state index in [2.05, 4.69) is 10.3 Å². The zero-order valence-electron chi connectivity index (χ0n) is 16.8. The monoisotopic (exact) mass is 392 g/mol. The van der Waals surface area contributed by atoms with Crippen LogP contribution in [0, 0.1) is 6.92 Å². The van der Waals surface area contributed by atoms with Gasteiger partial charge in [-0.1, -0.05) is 31.2 Å². The van der Waals surface area contributed by atoms with Gasteiger partial charge in [-0.2, -0.15) is 0 Å². The minimum Gasteiger partial charge on any atom is -0.462 e. The second-order valence-corrected chi connectivity index (χ2v) is 6.58. The molecule has 0 aliphatic heterocycles. The van der Waals surface area contributed by atoms with Crippen LogP contribution in [0.4, 0.5) is 11.4 Å². The fraction of sp³-hybridized carbons (Fsp3) is 0.261. The maximum atomic E-state index is 12.5. The average molecular weight is 392 g/mol. The molecule has 0 fully saturated rings. The quantitative estimate of drug-likeness (QED) is 0.568. The van der Waals surface area contributed by atoms with E-state index in [1.165, 1.54) is 6.20 Å². The lowest BCUT2D eigenvalue weighted by molar-refractivity contribution is 0.0501. The number of ether oxygens (including phenoxy) is 2. The highest BCUT2D eigenvalue weighted by atomic mass is 16.5. The lowest BCUT2D eigenvalue weighted by Gasteiger charge is -2.15. The predicted octanol–water partition coefficient (Wildman–Crippen LogP) is 5.03. The lowest BCUT2D eigenvalue weighted by atomic mass is 10.1. The molecular weight excluding hydrogens is 368 g/mol. The van der Waals surface area contributed by atoms with Crippen LogP contribution in [0.1, 0.15) is 46.5 Å². The first kappa shape index (κ1) is 20.3. The summed E-state index contributed by atoms with van der Waals surface area (Å²) in [6, 6.07) is 12.8. The Labute approximate surface area is 169 Å². The Morgan fingerprint density at radius 1 is 1.03 bits per heavy atom. The van der Waals surface area contributed by atoms with E-state index in [9.17, 15) is 9.59 Å². The van der Waals surface area contributed by atoms with Crippen molar-refractivity contribution in [3.8, 4) is 0 Å². The van der Waals surface area contributed by atoms with Crippen molar-refractivity contribution in [1.29, 1.82) is 0 Å². The van der Waals surface area contributed by atoms with Gasteiger partial charge in [0.1, 0.15) is 5.56 Å². The number of anilines is 2. The molecule has 29 heavy (non-hydrogen) atoms. The molecule has 1 heterocycles. The molecular formula is C23H24N2O4. The third-order valence-corrected chi connectivity index (χ3v) is 4.40. The van der Waals surface area contributed by atoms with E-state index >= 15 is 0 Å². The van der Waals surface area contributed by atoms with Crippen LogP contribution in [0.3, 0.4) is 0 Å². The van der Waals surface area contributed by atoms with Crippen molar-refractivity contribution in [1.82, 2.24) is 4.98 Å². The SMILES string of the molecule is CCCOC(=O)c1cccc(Nc2c(C(=O)OCC)cnc3c(C)cccc23)c1. The fourth-order valence-corrected chi connectivity index (χ4v) is 3.02. The van der Waals surface area contributed by atoms with Crippen LogP contribution in [0.25, 0.3) is 10.9 Å². The standard InChI is InChI=1S/C23H24N2O4/c1-4-12-29-22(26)16-9-7-10-17(13-16)25-21-18-11-6-8-15(3)20(18)24-14-19(21)23(27)28-5-2/h6-11,13-14H,4-5,12H2,1-3H3,(H,24,25). The van der Waals surface area contributed by atoms with Gasteiger partial charge >= 0.3 is 11.9 Å². The van der Waals surface area contributed by atoms with E-state index in [0.29, 0.717) is 29.1 Å². The molecule has 6 nitrogen and oxygen atoms in total. The predicted molar refractivity (Wildman–Crippen MR) is 113 cm³/mol. The first-order valence-corrected chi connectivity index (χ1v) is 9.64. The van der Waals surface area contributed by atoms with Crippen LogP contribution in [0.15, 0.2) is 48.7 Å². The van der Waals surface area contributed by atoms with Crippen molar-refractivity contribution >= 4 is 34.2 Å². The summed E-state index contributed by atoms with van der Waals surface area (Å²) in [5, 5.41) is 4.09. The summed E-state index contributed by atoms with van der Waals surface area (Å²) >= 11 is 0. The molecule has 0 aliphatic rings. The van der Waals surface area contributed by atoms with E-state index in [1.54, 1.807) is 25.1 Å². The second-order valence-electron chi connectivity index (χ2n) is 6.58. The van der Waals surface area contributed by atoms with Crippen molar-refractivity contribution in [2.24, 2.45) is 0 Å². The molecule has 0 amide bonds. The number of esters is 2. The third-order valence-electron chi connectivity index (χ3n) is 4.40. The lowest BCUT2D eigenvalue weighted by Crippen LogP contribution is -2.10. The number of fused-ring (bicyclic) bond motifs is 1. The molecule has 2 aromatic carbocycles. The number of nitrogens with one attached hydrogen (secondary N) is 1. The molecule has 150 valence electrons. The number of carbonyl (C=O) groups is 2. The van der Waals surface area contributed by atoms with Crippen molar-refractivity contribution in [3.05, 3.63) is 65.4 Å². The third kappa shape index (κ3) is 4.54. The minimum atomic E-state index is -0.454. The largest absolute Gasteiger partial charge is 0.462 e. The summed E-state index contributed by atoms with van der Waals surface area (Å²) in [7, 11) is 0. The summed E-state index contributed by atoms with van der Waals surface area (Å²) in [5.41, 5.74) is 3.82. The van der Waals surface area contributed by atoms with Gasteiger partial charge in [-0.05, 0) is 44.0 Å². The zero-order valence-corrected chi connectivity index (χ0v) is 16.8. The highest BCUT2D eigenvalue weighted by Crippen LogP contribution is 2.31. The second kappa shape index (κ2) is 9.19. The van der Waals surface area contributed by atoms with E-state index in [0.717, 1.165) is 22.9 Å². The molecule has 0 saturated heterocycles. The van der Waals surface area contributed by atoms with E-state index in [-0.39, 0.29) is 12.6 Å². The summed E-state index contributed by atoms with van der Waals surface area (Å²) < 4.78 is 10.4. The van der Waals surface area contributed by atoms with Crippen molar-refractivity contribution < 1.29 is 19.1 Å². The first-order valence-electron chi connectivity index (χ1n) is 9.64. The number of aromatic nitrogens is 1. The van der Waals surface area contributed by atoms with Crippen LogP contribution in [0.2, 0.25) is 0 Å². The molecule has 0 unspecified atom stereocenters. The summed E-state index contributed by atoms with van der Waals surface area (Å²) in [6.45, 7) is 6.31. The average Bonchev–Trinajstić information content (AvgIpc) is 2.73. The van der Waals surface area contributed by atoms with Crippen molar-refractivity contribution in [2.45, 2.75) is 27.2 Å². The van der Waals surface area contributed by atoms with Gasteiger partial charge in [0.25, 0.3) is 0 Å². The molecule has 0 atom stereocenters. The fourth-order valence-electron chi connectivity index (χ4n) is 3.02. The van der Waals surface area contributed by atoms with Crippen LogP contribution in [0.5, 0.6) is 0 Å². The molecule has 0 spiro atoms. The smallest absolute Gasteiger partial charge is 0.341 e.